The van der Waals surface area contributed by atoms with E-state index in [4.69, 9.17) is 9.47 Å². The fourth-order valence-corrected chi connectivity index (χ4v) is 2.45. The maximum absolute atomic E-state index is 11.5. The molecule has 0 radical (unpaired) electrons. The Hall–Kier alpha value is -3.10. The third-order valence-electron chi connectivity index (χ3n) is 3.89. The number of carbonyl (C=O) groups is 2. The SMILES string of the molecule is CNC(=O)c1ccc(OCC(O)CNCCOc2ccc(NC(C)=O)cc2)cc1. The molecule has 2 amide bonds. The van der Waals surface area contributed by atoms with Crippen molar-refractivity contribution in [3.63, 3.8) is 0 Å². The number of nitrogens with one attached hydrogen (secondary N) is 3. The lowest BCUT2D eigenvalue weighted by atomic mass is 10.2. The molecule has 1 unspecified atom stereocenters. The molecule has 4 N–H and O–H groups in total. The summed E-state index contributed by atoms with van der Waals surface area (Å²) in [6, 6.07) is 13.8. The van der Waals surface area contributed by atoms with Crippen molar-refractivity contribution in [2.45, 2.75) is 13.0 Å². The normalized spacial score (nSPS) is 11.4. The Bertz CT molecular complexity index is 778. The lowest BCUT2D eigenvalue weighted by molar-refractivity contribution is -0.114. The van der Waals surface area contributed by atoms with Crippen molar-refractivity contribution in [1.29, 1.82) is 0 Å². The van der Waals surface area contributed by atoms with Crippen molar-refractivity contribution < 1.29 is 24.2 Å². The summed E-state index contributed by atoms with van der Waals surface area (Å²) in [4.78, 5) is 22.5. The monoisotopic (exact) mass is 401 g/mol. The molecular formula is C21H27N3O5. The summed E-state index contributed by atoms with van der Waals surface area (Å²) >= 11 is 0. The van der Waals surface area contributed by atoms with Gasteiger partial charge in [-0.2, -0.15) is 0 Å². The molecule has 1 atom stereocenters. The Balaban J connectivity index is 1.59. The molecule has 0 fully saturated rings. The van der Waals surface area contributed by atoms with Gasteiger partial charge in [0.05, 0.1) is 0 Å². The van der Waals surface area contributed by atoms with Gasteiger partial charge in [-0.25, -0.2) is 0 Å². The van der Waals surface area contributed by atoms with E-state index in [1.807, 2.05) is 0 Å². The first-order valence-corrected chi connectivity index (χ1v) is 9.32. The quantitative estimate of drug-likeness (QED) is 0.424. The number of carbonyl (C=O) groups excluding carboxylic acids is 2. The molecule has 0 aromatic heterocycles. The van der Waals surface area contributed by atoms with E-state index in [0.717, 1.165) is 5.69 Å². The van der Waals surface area contributed by atoms with Crippen LogP contribution in [0.1, 0.15) is 17.3 Å². The van der Waals surface area contributed by atoms with Crippen LogP contribution < -0.4 is 25.4 Å². The lowest BCUT2D eigenvalue weighted by Crippen LogP contribution is -2.33. The number of hydrogen-bond acceptors (Lipinski definition) is 6. The molecule has 156 valence electrons. The Labute approximate surface area is 170 Å². The van der Waals surface area contributed by atoms with Gasteiger partial charge in [-0.15, -0.1) is 0 Å². The summed E-state index contributed by atoms with van der Waals surface area (Å²) in [5.41, 5.74) is 1.26. The number of ether oxygens (including phenoxy) is 2. The number of benzene rings is 2. The fraction of sp³-hybridized carbons (Fsp3) is 0.333. The van der Waals surface area contributed by atoms with Crippen molar-refractivity contribution in [3.05, 3.63) is 54.1 Å². The Kier molecular flexibility index (Phi) is 8.94. The highest BCUT2D eigenvalue weighted by Crippen LogP contribution is 2.15. The minimum atomic E-state index is -0.675. The number of amides is 2. The smallest absolute Gasteiger partial charge is 0.251 e. The molecule has 2 aromatic rings. The van der Waals surface area contributed by atoms with E-state index in [0.29, 0.717) is 36.8 Å². The Morgan fingerprint density at radius 1 is 1.00 bits per heavy atom. The number of aliphatic hydroxyl groups excluding tert-OH is 1. The van der Waals surface area contributed by atoms with Crippen LogP contribution in [0.5, 0.6) is 11.5 Å². The van der Waals surface area contributed by atoms with Gasteiger partial charge in [-0.1, -0.05) is 0 Å². The van der Waals surface area contributed by atoms with Gasteiger partial charge < -0.3 is 30.5 Å². The largest absolute Gasteiger partial charge is 0.492 e. The van der Waals surface area contributed by atoms with Crippen LogP contribution in [0.2, 0.25) is 0 Å². The predicted octanol–water partition coefficient (Wildman–Crippen LogP) is 1.41. The second kappa shape index (κ2) is 11.7. The Morgan fingerprint density at radius 2 is 1.62 bits per heavy atom. The van der Waals surface area contributed by atoms with Gasteiger partial charge >= 0.3 is 0 Å². The third-order valence-corrected chi connectivity index (χ3v) is 3.89. The molecular weight excluding hydrogens is 374 g/mol. The summed E-state index contributed by atoms with van der Waals surface area (Å²) in [6.45, 7) is 2.96. The van der Waals surface area contributed by atoms with E-state index in [1.165, 1.54) is 6.92 Å². The zero-order valence-electron chi connectivity index (χ0n) is 16.6. The molecule has 8 nitrogen and oxygen atoms in total. The average Bonchev–Trinajstić information content (AvgIpc) is 2.72. The maximum atomic E-state index is 11.5. The lowest BCUT2D eigenvalue weighted by Gasteiger charge is -2.14. The fourth-order valence-electron chi connectivity index (χ4n) is 2.45. The summed E-state index contributed by atoms with van der Waals surface area (Å²) in [6.07, 6.45) is -0.675. The van der Waals surface area contributed by atoms with Crippen LogP contribution in [0.25, 0.3) is 0 Å². The van der Waals surface area contributed by atoms with E-state index in [-0.39, 0.29) is 18.4 Å². The van der Waals surface area contributed by atoms with E-state index >= 15 is 0 Å². The van der Waals surface area contributed by atoms with E-state index in [2.05, 4.69) is 16.0 Å². The zero-order valence-corrected chi connectivity index (χ0v) is 16.6. The molecule has 0 aliphatic carbocycles. The van der Waals surface area contributed by atoms with Gasteiger partial charge in [0.25, 0.3) is 5.91 Å². The molecule has 8 heteroatoms. The van der Waals surface area contributed by atoms with E-state index in [9.17, 15) is 14.7 Å². The van der Waals surface area contributed by atoms with Gasteiger partial charge in [0.15, 0.2) is 0 Å². The summed E-state index contributed by atoms with van der Waals surface area (Å²) in [7, 11) is 1.57. The molecule has 0 heterocycles. The molecule has 29 heavy (non-hydrogen) atoms. The average molecular weight is 401 g/mol. The van der Waals surface area contributed by atoms with Gasteiger partial charge in [-0.05, 0) is 48.5 Å². The zero-order chi connectivity index (χ0) is 21.1. The molecule has 0 saturated heterocycles. The van der Waals surface area contributed by atoms with Gasteiger partial charge in [0, 0.05) is 38.3 Å². The predicted molar refractivity (Wildman–Crippen MR) is 110 cm³/mol. The van der Waals surface area contributed by atoms with Crippen LogP contribution in [-0.2, 0) is 4.79 Å². The molecule has 0 spiro atoms. The van der Waals surface area contributed by atoms with Crippen LogP contribution in [0, 0.1) is 0 Å². The molecule has 0 aliphatic heterocycles. The van der Waals surface area contributed by atoms with Gasteiger partial charge in [0.1, 0.15) is 30.8 Å². The van der Waals surface area contributed by atoms with Crippen molar-refractivity contribution in [2.24, 2.45) is 0 Å². The summed E-state index contributed by atoms with van der Waals surface area (Å²) in [5.74, 6) is 1.01. The second-order valence-corrected chi connectivity index (χ2v) is 6.33. The van der Waals surface area contributed by atoms with Gasteiger partial charge in [0.2, 0.25) is 5.91 Å². The summed E-state index contributed by atoms with van der Waals surface area (Å²) < 4.78 is 11.1. The van der Waals surface area contributed by atoms with E-state index < -0.39 is 6.10 Å². The minimum absolute atomic E-state index is 0.119. The van der Waals surface area contributed by atoms with Crippen LogP contribution in [0.3, 0.4) is 0 Å². The molecule has 0 saturated carbocycles. The first kappa shape index (κ1) is 22.2. The van der Waals surface area contributed by atoms with Crippen molar-refractivity contribution >= 4 is 17.5 Å². The standard InChI is InChI=1S/C21H27N3O5/c1-15(25)24-17-5-9-19(10-6-17)28-12-11-23-13-18(26)14-29-20-7-3-16(4-8-20)21(27)22-2/h3-10,18,23,26H,11-14H2,1-2H3,(H,22,27)(H,24,25). The number of anilines is 1. The highest BCUT2D eigenvalue weighted by Gasteiger charge is 2.07. The highest BCUT2D eigenvalue weighted by molar-refractivity contribution is 5.94. The maximum Gasteiger partial charge on any atom is 0.251 e. The topological polar surface area (TPSA) is 109 Å². The minimum Gasteiger partial charge on any atom is -0.492 e. The van der Waals surface area contributed by atoms with Crippen LogP contribution in [-0.4, -0.2) is 56.4 Å². The first-order chi connectivity index (χ1) is 14.0. The van der Waals surface area contributed by atoms with E-state index in [1.54, 1.807) is 55.6 Å². The first-order valence-electron chi connectivity index (χ1n) is 9.32. The molecule has 2 aromatic carbocycles. The van der Waals surface area contributed by atoms with Crippen LogP contribution >= 0.6 is 0 Å². The summed E-state index contributed by atoms with van der Waals surface area (Å²) in [5, 5.41) is 18.3. The van der Waals surface area contributed by atoms with Crippen LogP contribution in [0.4, 0.5) is 5.69 Å². The number of hydrogen-bond donors (Lipinski definition) is 4. The molecule has 0 bridgehead atoms. The number of rotatable bonds is 11. The Morgan fingerprint density at radius 3 is 2.24 bits per heavy atom. The molecule has 0 aliphatic rings. The van der Waals surface area contributed by atoms with Crippen molar-refractivity contribution in [1.82, 2.24) is 10.6 Å². The highest BCUT2D eigenvalue weighted by atomic mass is 16.5. The van der Waals surface area contributed by atoms with Crippen LogP contribution in [0.15, 0.2) is 48.5 Å². The molecule has 2 rings (SSSR count). The number of aliphatic hydroxyl groups is 1. The second-order valence-electron chi connectivity index (χ2n) is 6.33. The van der Waals surface area contributed by atoms with Gasteiger partial charge in [-0.3, -0.25) is 9.59 Å². The van der Waals surface area contributed by atoms with Crippen molar-refractivity contribution in [2.75, 3.05) is 38.7 Å². The third kappa shape index (κ3) is 8.20. The van der Waals surface area contributed by atoms with Crippen molar-refractivity contribution in [3.8, 4) is 11.5 Å².